The van der Waals surface area contributed by atoms with Crippen LogP contribution in [0.15, 0.2) is 0 Å². The fourth-order valence-electron chi connectivity index (χ4n) is 4.93. The van der Waals surface area contributed by atoms with Crippen LogP contribution in [0, 0.1) is 11.3 Å². The zero-order chi connectivity index (χ0) is 13.8. The third kappa shape index (κ3) is 1.96. The summed E-state index contributed by atoms with van der Waals surface area (Å²) in [5.74, 6) is 0.506. The zero-order valence-electron chi connectivity index (χ0n) is 12.7. The lowest BCUT2D eigenvalue weighted by molar-refractivity contribution is -0.182. The van der Waals surface area contributed by atoms with Crippen molar-refractivity contribution in [3.05, 3.63) is 0 Å². The van der Waals surface area contributed by atoms with Crippen molar-refractivity contribution < 1.29 is 14.2 Å². The molecule has 0 aromatic rings. The Labute approximate surface area is 121 Å². The Kier molecular flexibility index (Phi) is 3.15. The summed E-state index contributed by atoms with van der Waals surface area (Å²) in [7, 11) is 0. The van der Waals surface area contributed by atoms with E-state index in [4.69, 9.17) is 14.2 Å². The van der Waals surface area contributed by atoms with E-state index in [0.29, 0.717) is 18.2 Å². The van der Waals surface area contributed by atoms with Crippen LogP contribution < -0.4 is 5.32 Å². The molecule has 1 N–H and O–H groups in total. The van der Waals surface area contributed by atoms with Crippen LogP contribution in [0.4, 0.5) is 0 Å². The van der Waals surface area contributed by atoms with Gasteiger partial charge >= 0.3 is 0 Å². The maximum absolute atomic E-state index is 5.88. The van der Waals surface area contributed by atoms with Crippen LogP contribution in [-0.2, 0) is 14.2 Å². The van der Waals surface area contributed by atoms with Crippen LogP contribution in [-0.4, -0.2) is 43.8 Å². The van der Waals surface area contributed by atoms with Crippen LogP contribution >= 0.6 is 0 Å². The molecule has 2 saturated heterocycles. The maximum atomic E-state index is 5.88. The second kappa shape index (κ2) is 4.67. The number of ether oxygens (including phenoxy) is 3. The minimum absolute atomic E-state index is 0.230. The van der Waals surface area contributed by atoms with Gasteiger partial charge in [0.25, 0.3) is 0 Å². The lowest BCUT2D eigenvalue weighted by Gasteiger charge is -2.56. The second-order valence-electron chi connectivity index (χ2n) is 7.59. The summed E-state index contributed by atoms with van der Waals surface area (Å²) in [6.45, 7) is 7.20. The van der Waals surface area contributed by atoms with Gasteiger partial charge in [-0.3, -0.25) is 0 Å². The van der Waals surface area contributed by atoms with Gasteiger partial charge in [-0.1, -0.05) is 13.8 Å². The molecular formula is C16H27NO3. The summed E-state index contributed by atoms with van der Waals surface area (Å²) in [6.07, 6.45) is 6.14. The van der Waals surface area contributed by atoms with Crippen molar-refractivity contribution in [3.63, 3.8) is 0 Å². The van der Waals surface area contributed by atoms with Crippen LogP contribution in [0.25, 0.3) is 0 Å². The lowest BCUT2D eigenvalue weighted by atomic mass is 9.57. The molecule has 2 heterocycles. The van der Waals surface area contributed by atoms with Crippen molar-refractivity contribution in [3.8, 4) is 0 Å². The van der Waals surface area contributed by atoms with Crippen molar-refractivity contribution in [2.45, 2.75) is 69.9 Å². The summed E-state index contributed by atoms with van der Waals surface area (Å²) >= 11 is 0. The predicted octanol–water partition coefficient (Wildman–Crippen LogP) is 2.08. The van der Waals surface area contributed by atoms with E-state index in [0.717, 1.165) is 38.6 Å². The molecule has 0 bridgehead atoms. The van der Waals surface area contributed by atoms with Crippen LogP contribution in [0.5, 0.6) is 0 Å². The Balaban J connectivity index is 1.34. The Hall–Kier alpha value is -0.160. The molecule has 0 aromatic carbocycles. The number of nitrogens with one attached hydrogen (secondary N) is 1. The van der Waals surface area contributed by atoms with Crippen LogP contribution in [0.2, 0.25) is 0 Å². The van der Waals surface area contributed by atoms with Crippen molar-refractivity contribution >= 4 is 0 Å². The van der Waals surface area contributed by atoms with E-state index >= 15 is 0 Å². The summed E-state index contributed by atoms with van der Waals surface area (Å²) in [5, 5.41) is 3.93. The van der Waals surface area contributed by atoms with Crippen molar-refractivity contribution in [1.29, 1.82) is 0 Å². The maximum Gasteiger partial charge on any atom is 0.168 e. The third-order valence-corrected chi connectivity index (χ3v) is 6.08. The fourth-order valence-corrected chi connectivity index (χ4v) is 4.93. The van der Waals surface area contributed by atoms with E-state index < -0.39 is 0 Å². The SMILES string of the molecule is CC1(C)C(NC2CCC3(CC2)OCCO3)C2CCOC21. The molecule has 4 aliphatic rings. The molecule has 4 fully saturated rings. The van der Waals surface area contributed by atoms with Gasteiger partial charge in [-0.15, -0.1) is 0 Å². The summed E-state index contributed by atoms with van der Waals surface area (Å²) in [5.41, 5.74) is 0.288. The highest BCUT2D eigenvalue weighted by molar-refractivity contribution is 5.12. The molecule has 3 atom stereocenters. The van der Waals surface area contributed by atoms with E-state index in [-0.39, 0.29) is 11.2 Å². The topological polar surface area (TPSA) is 39.7 Å². The quantitative estimate of drug-likeness (QED) is 0.841. The molecule has 1 spiro atoms. The largest absolute Gasteiger partial charge is 0.377 e. The van der Waals surface area contributed by atoms with Crippen LogP contribution in [0.1, 0.15) is 46.0 Å². The summed E-state index contributed by atoms with van der Waals surface area (Å²) in [6, 6.07) is 1.25. The Morgan fingerprint density at radius 3 is 2.35 bits per heavy atom. The highest BCUT2D eigenvalue weighted by Gasteiger charge is 2.59. The molecule has 0 amide bonds. The standard InChI is InChI=1S/C16H27NO3/c1-15(2)13(12-5-8-18-14(12)15)17-11-3-6-16(7-4-11)19-9-10-20-16/h11-14,17H,3-10H2,1-2H3. The average molecular weight is 281 g/mol. The molecule has 2 aliphatic carbocycles. The first-order valence-electron chi connectivity index (χ1n) is 8.26. The molecule has 0 radical (unpaired) electrons. The summed E-state index contributed by atoms with van der Waals surface area (Å²) < 4.78 is 17.5. The molecule has 20 heavy (non-hydrogen) atoms. The lowest BCUT2D eigenvalue weighted by Crippen LogP contribution is -2.67. The molecule has 4 nitrogen and oxygen atoms in total. The molecule has 4 heteroatoms. The number of rotatable bonds is 2. The Morgan fingerprint density at radius 1 is 0.950 bits per heavy atom. The van der Waals surface area contributed by atoms with Gasteiger partial charge in [-0.05, 0) is 19.3 Å². The fraction of sp³-hybridized carbons (Fsp3) is 1.00. The van der Waals surface area contributed by atoms with Gasteiger partial charge in [0.2, 0.25) is 0 Å². The zero-order valence-corrected chi connectivity index (χ0v) is 12.7. The van der Waals surface area contributed by atoms with E-state index in [9.17, 15) is 0 Å². The second-order valence-corrected chi connectivity index (χ2v) is 7.59. The third-order valence-electron chi connectivity index (χ3n) is 6.08. The molecule has 2 saturated carbocycles. The van der Waals surface area contributed by atoms with Gasteiger partial charge in [-0.25, -0.2) is 0 Å². The number of hydrogen-bond acceptors (Lipinski definition) is 4. The van der Waals surface area contributed by atoms with Gasteiger partial charge in [0, 0.05) is 42.9 Å². The highest BCUT2D eigenvalue weighted by Crippen LogP contribution is 2.52. The van der Waals surface area contributed by atoms with Crippen molar-refractivity contribution in [1.82, 2.24) is 5.32 Å². The van der Waals surface area contributed by atoms with Crippen molar-refractivity contribution in [2.24, 2.45) is 11.3 Å². The van der Waals surface area contributed by atoms with Gasteiger partial charge in [0.15, 0.2) is 5.79 Å². The average Bonchev–Trinajstić information content (AvgIpc) is 3.07. The number of hydrogen-bond donors (Lipinski definition) is 1. The molecular weight excluding hydrogens is 254 g/mol. The molecule has 3 unspecified atom stereocenters. The molecule has 0 aromatic heterocycles. The van der Waals surface area contributed by atoms with Gasteiger partial charge in [-0.2, -0.15) is 0 Å². The van der Waals surface area contributed by atoms with Gasteiger partial charge < -0.3 is 19.5 Å². The van der Waals surface area contributed by atoms with E-state index in [1.807, 2.05) is 0 Å². The normalized spacial score (nSPS) is 45.3. The molecule has 114 valence electrons. The first-order valence-corrected chi connectivity index (χ1v) is 8.26. The predicted molar refractivity (Wildman–Crippen MR) is 75.4 cm³/mol. The van der Waals surface area contributed by atoms with Crippen molar-refractivity contribution in [2.75, 3.05) is 19.8 Å². The monoisotopic (exact) mass is 281 g/mol. The Morgan fingerprint density at radius 2 is 1.65 bits per heavy atom. The number of fused-ring (bicyclic) bond motifs is 1. The van der Waals surface area contributed by atoms with Crippen LogP contribution in [0.3, 0.4) is 0 Å². The smallest absolute Gasteiger partial charge is 0.168 e. The first-order chi connectivity index (χ1) is 9.61. The van der Waals surface area contributed by atoms with E-state index in [1.54, 1.807) is 0 Å². The highest BCUT2D eigenvalue weighted by atomic mass is 16.7. The van der Waals surface area contributed by atoms with Gasteiger partial charge in [0.1, 0.15) is 0 Å². The minimum Gasteiger partial charge on any atom is -0.377 e. The van der Waals surface area contributed by atoms with E-state index in [1.165, 1.54) is 19.3 Å². The molecule has 2 aliphatic heterocycles. The first kappa shape index (κ1) is 13.5. The minimum atomic E-state index is -0.230. The van der Waals surface area contributed by atoms with Gasteiger partial charge in [0.05, 0.1) is 19.3 Å². The Bertz CT molecular complexity index is 368. The molecule has 4 rings (SSSR count). The summed E-state index contributed by atoms with van der Waals surface area (Å²) in [4.78, 5) is 0. The van der Waals surface area contributed by atoms with E-state index in [2.05, 4.69) is 19.2 Å².